The summed E-state index contributed by atoms with van der Waals surface area (Å²) in [5.41, 5.74) is 1.90. The Hall–Kier alpha value is -3.13. The molecule has 0 aliphatic heterocycles. The number of para-hydroxylation sites is 1. The number of nitrogens with one attached hydrogen (secondary N) is 3. The average Bonchev–Trinajstić information content (AvgIpc) is 3.17. The Labute approximate surface area is 177 Å². The van der Waals surface area contributed by atoms with Crippen molar-refractivity contribution in [1.29, 1.82) is 0 Å². The first-order valence-electron chi connectivity index (χ1n) is 9.06. The van der Waals surface area contributed by atoms with Crippen LogP contribution in [0, 0.1) is 0 Å². The summed E-state index contributed by atoms with van der Waals surface area (Å²) in [6.45, 7) is 3.84. The molecule has 29 heavy (non-hydrogen) atoms. The molecule has 3 rings (SSSR count). The number of benzene rings is 2. The summed E-state index contributed by atoms with van der Waals surface area (Å²) in [5, 5.41) is 12.5. The van der Waals surface area contributed by atoms with Crippen molar-refractivity contribution in [3.8, 4) is 5.75 Å². The van der Waals surface area contributed by atoms with E-state index >= 15 is 0 Å². The lowest BCUT2D eigenvalue weighted by Gasteiger charge is -2.11. The van der Waals surface area contributed by atoms with Gasteiger partial charge in [-0.15, -0.1) is 0 Å². The number of H-pyrrole nitrogens is 1. The van der Waals surface area contributed by atoms with E-state index in [1.165, 1.54) is 0 Å². The van der Waals surface area contributed by atoms with Gasteiger partial charge in [0.05, 0.1) is 5.56 Å². The van der Waals surface area contributed by atoms with Gasteiger partial charge in [-0.25, -0.2) is 0 Å². The molecule has 2 aromatic carbocycles. The van der Waals surface area contributed by atoms with Gasteiger partial charge in [0.25, 0.3) is 11.8 Å². The van der Waals surface area contributed by atoms with Crippen LogP contribution in [-0.2, 0) is 4.79 Å². The summed E-state index contributed by atoms with van der Waals surface area (Å²) in [4.78, 5) is 24.8. The number of amides is 2. The van der Waals surface area contributed by atoms with E-state index in [2.05, 4.69) is 36.8 Å². The Morgan fingerprint density at radius 3 is 2.52 bits per heavy atom. The second kappa shape index (κ2) is 9.38. The highest BCUT2D eigenvalue weighted by atomic mass is 79.9. The Morgan fingerprint density at radius 1 is 1.10 bits per heavy atom. The molecule has 3 aromatic rings. The van der Waals surface area contributed by atoms with Crippen molar-refractivity contribution in [1.82, 2.24) is 10.2 Å². The van der Waals surface area contributed by atoms with Gasteiger partial charge >= 0.3 is 0 Å². The van der Waals surface area contributed by atoms with Gasteiger partial charge in [-0.1, -0.05) is 41.9 Å². The Bertz CT molecular complexity index is 999. The largest absolute Gasteiger partial charge is 0.483 e. The second-order valence-corrected chi connectivity index (χ2v) is 7.57. The van der Waals surface area contributed by atoms with Crippen molar-refractivity contribution >= 4 is 39.2 Å². The SMILES string of the molecule is CC(C)c1cc(NC(=O)c2ccccc2OCC(=O)Nc2ccc(Br)cc2)n[nH]1. The summed E-state index contributed by atoms with van der Waals surface area (Å²) < 4.78 is 6.51. The molecule has 0 unspecified atom stereocenters. The smallest absolute Gasteiger partial charge is 0.262 e. The standard InChI is InChI=1S/C21H21BrN4O3/c1-13(2)17-11-19(26-25-17)24-21(28)16-5-3-4-6-18(16)29-12-20(27)23-15-9-7-14(22)8-10-15/h3-11,13H,12H2,1-2H3,(H,23,27)(H2,24,25,26,28). The van der Waals surface area contributed by atoms with Gasteiger partial charge in [-0.3, -0.25) is 14.7 Å². The number of ether oxygens (including phenoxy) is 1. The van der Waals surface area contributed by atoms with E-state index in [0.29, 0.717) is 22.8 Å². The van der Waals surface area contributed by atoms with Gasteiger partial charge < -0.3 is 15.4 Å². The maximum atomic E-state index is 12.6. The van der Waals surface area contributed by atoms with Crippen LogP contribution >= 0.6 is 15.9 Å². The highest BCUT2D eigenvalue weighted by Crippen LogP contribution is 2.21. The van der Waals surface area contributed by atoms with Crippen LogP contribution in [0.3, 0.4) is 0 Å². The number of carbonyl (C=O) groups excluding carboxylic acids is 2. The lowest BCUT2D eigenvalue weighted by Crippen LogP contribution is -2.21. The molecule has 0 saturated heterocycles. The van der Waals surface area contributed by atoms with Crippen LogP contribution < -0.4 is 15.4 Å². The second-order valence-electron chi connectivity index (χ2n) is 6.66. The van der Waals surface area contributed by atoms with Crippen molar-refractivity contribution in [2.45, 2.75) is 19.8 Å². The highest BCUT2D eigenvalue weighted by Gasteiger charge is 2.15. The first-order chi connectivity index (χ1) is 13.9. The molecule has 8 heteroatoms. The molecule has 0 fully saturated rings. The third-order valence-electron chi connectivity index (χ3n) is 4.08. The molecular formula is C21H21BrN4O3. The third kappa shape index (κ3) is 5.68. The van der Waals surface area contributed by atoms with Gasteiger partial charge in [0, 0.05) is 21.9 Å². The molecule has 1 aromatic heterocycles. The molecule has 2 amide bonds. The molecule has 0 bridgehead atoms. The number of rotatable bonds is 7. The number of hydrogen-bond acceptors (Lipinski definition) is 4. The van der Waals surface area contributed by atoms with Crippen molar-refractivity contribution < 1.29 is 14.3 Å². The zero-order chi connectivity index (χ0) is 20.8. The predicted molar refractivity (Wildman–Crippen MR) is 115 cm³/mol. The van der Waals surface area contributed by atoms with E-state index in [1.807, 2.05) is 26.0 Å². The molecule has 3 N–H and O–H groups in total. The van der Waals surface area contributed by atoms with Crippen molar-refractivity contribution in [2.24, 2.45) is 0 Å². The Balaban J connectivity index is 1.62. The molecule has 0 aliphatic rings. The lowest BCUT2D eigenvalue weighted by molar-refractivity contribution is -0.118. The van der Waals surface area contributed by atoms with Crippen LogP contribution in [0.5, 0.6) is 5.75 Å². The van der Waals surface area contributed by atoms with E-state index in [1.54, 1.807) is 42.5 Å². The maximum absolute atomic E-state index is 12.6. The lowest BCUT2D eigenvalue weighted by atomic mass is 10.1. The topological polar surface area (TPSA) is 96.1 Å². The molecule has 0 saturated carbocycles. The van der Waals surface area contributed by atoms with Gasteiger partial charge in [0.1, 0.15) is 5.75 Å². The monoisotopic (exact) mass is 456 g/mol. The number of aromatic nitrogens is 2. The first-order valence-corrected chi connectivity index (χ1v) is 9.85. The molecular weight excluding hydrogens is 436 g/mol. The maximum Gasteiger partial charge on any atom is 0.262 e. The van der Waals surface area contributed by atoms with Crippen LogP contribution in [0.25, 0.3) is 0 Å². The number of halogens is 1. The number of aromatic amines is 1. The van der Waals surface area contributed by atoms with Gasteiger partial charge in [-0.2, -0.15) is 5.10 Å². The molecule has 1 heterocycles. The predicted octanol–water partition coefficient (Wildman–Crippen LogP) is 4.57. The number of nitrogens with zero attached hydrogens (tertiary/aromatic N) is 1. The molecule has 0 atom stereocenters. The van der Waals surface area contributed by atoms with Crippen molar-refractivity contribution in [3.05, 3.63) is 70.3 Å². The fourth-order valence-electron chi connectivity index (χ4n) is 2.53. The highest BCUT2D eigenvalue weighted by molar-refractivity contribution is 9.10. The van der Waals surface area contributed by atoms with Crippen LogP contribution in [-0.4, -0.2) is 28.6 Å². The Morgan fingerprint density at radius 2 is 1.83 bits per heavy atom. The average molecular weight is 457 g/mol. The fourth-order valence-corrected chi connectivity index (χ4v) is 2.80. The Kier molecular flexibility index (Phi) is 6.66. The molecule has 0 aliphatic carbocycles. The van der Waals surface area contributed by atoms with Crippen molar-refractivity contribution in [3.63, 3.8) is 0 Å². The minimum Gasteiger partial charge on any atom is -0.483 e. The first kappa shape index (κ1) is 20.6. The number of hydrogen-bond donors (Lipinski definition) is 3. The van der Waals surface area contributed by atoms with Crippen LogP contribution in [0.2, 0.25) is 0 Å². The van der Waals surface area contributed by atoms with Crippen LogP contribution in [0.4, 0.5) is 11.5 Å². The molecule has 0 spiro atoms. The number of carbonyl (C=O) groups is 2. The van der Waals surface area contributed by atoms with Crippen LogP contribution in [0.15, 0.2) is 59.1 Å². The summed E-state index contributed by atoms with van der Waals surface area (Å²) >= 11 is 3.34. The summed E-state index contributed by atoms with van der Waals surface area (Å²) in [6, 6.07) is 15.7. The van der Waals surface area contributed by atoms with E-state index in [9.17, 15) is 9.59 Å². The van der Waals surface area contributed by atoms with Gasteiger partial charge in [0.15, 0.2) is 12.4 Å². The third-order valence-corrected chi connectivity index (χ3v) is 4.61. The minimum absolute atomic E-state index is 0.222. The number of anilines is 2. The van der Waals surface area contributed by atoms with E-state index in [4.69, 9.17) is 4.74 Å². The van der Waals surface area contributed by atoms with Crippen LogP contribution in [0.1, 0.15) is 35.8 Å². The van der Waals surface area contributed by atoms with E-state index < -0.39 is 0 Å². The summed E-state index contributed by atoms with van der Waals surface area (Å²) in [7, 11) is 0. The zero-order valence-electron chi connectivity index (χ0n) is 16.0. The molecule has 0 radical (unpaired) electrons. The van der Waals surface area contributed by atoms with E-state index in [0.717, 1.165) is 10.2 Å². The summed E-state index contributed by atoms with van der Waals surface area (Å²) in [6.07, 6.45) is 0. The quantitative estimate of drug-likeness (QED) is 0.485. The molecule has 150 valence electrons. The van der Waals surface area contributed by atoms with E-state index in [-0.39, 0.29) is 24.3 Å². The summed E-state index contributed by atoms with van der Waals surface area (Å²) in [5.74, 6) is 0.331. The fraction of sp³-hybridized carbons (Fsp3) is 0.190. The normalized spacial score (nSPS) is 10.6. The molecule has 7 nitrogen and oxygen atoms in total. The zero-order valence-corrected chi connectivity index (χ0v) is 17.6. The van der Waals surface area contributed by atoms with Crippen molar-refractivity contribution in [2.75, 3.05) is 17.2 Å². The minimum atomic E-state index is -0.365. The van der Waals surface area contributed by atoms with Gasteiger partial charge in [-0.05, 0) is 42.3 Å². The van der Waals surface area contributed by atoms with Gasteiger partial charge in [0.2, 0.25) is 0 Å².